The molecule has 0 bridgehead atoms. The van der Waals surface area contributed by atoms with Crippen molar-refractivity contribution in [3.05, 3.63) is 23.8 Å². The van der Waals surface area contributed by atoms with Gasteiger partial charge in [0.25, 0.3) is 5.79 Å². The van der Waals surface area contributed by atoms with Crippen molar-refractivity contribution in [2.24, 2.45) is 0 Å². The van der Waals surface area contributed by atoms with Crippen LogP contribution in [0.1, 0.15) is 57.4 Å². The molecule has 2 aliphatic rings. The summed E-state index contributed by atoms with van der Waals surface area (Å²) in [6, 6.07) is 6.25. The fourth-order valence-electron chi connectivity index (χ4n) is 2.88. The van der Waals surface area contributed by atoms with Crippen molar-refractivity contribution in [3.63, 3.8) is 0 Å². The van der Waals surface area contributed by atoms with Gasteiger partial charge in [-0.1, -0.05) is 32.4 Å². The molecule has 0 unspecified atom stereocenters. The average Bonchev–Trinajstić information content (AvgIpc) is 2.66. The van der Waals surface area contributed by atoms with Gasteiger partial charge in [-0.25, -0.2) is 0 Å². The van der Waals surface area contributed by atoms with Gasteiger partial charge in [-0.3, -0.25) is 0 Å². The maximum atomic E-state index is 6.21. The number of hydrogen-bond donors (Lipinski definition) is 0. The van der Waals surface area contributed by atoms with Gasteiger partial charge in [0.2, 0.25) is 0 Å². The van der Waals surface area contributed by atoms with Crippen LogP contribution in [0, 0.1) is 0 Å². The van der Waals surface area contributed by atoms with Crippen LogP contribution in [0.15, 0.2) is 18.2 Å². The number of benzene rings is 1. The van der Waals surface area contributed by atoms with Gasteiger partial charge in [-0.05, 0) is 24.8 Å². The summed E-state index contributed by atoms with van der Waals surface area (Å²) in [6.45, 7) is 4.40. The molecule has 2 nitrogen and oxygen atoms in total. The molecule has 1 aliphatic carbocycles. The highest BCUT2D eigenvalue weighted by atomic mass is 16.7. The van der Waals surface area contributed by atoms with E-state index in [1.165, 1.54) is 24.8 Å². The Kier molecular flexibility index (Phi) is 2.53. The van der Waals surface area contributed by atoms with Crippen molar-refractivity contribution < 1.29 is 9.47 Å². The molecule has 92 valence electrons. The smallest absolute Gasteiger partial charge is 0.251 e. The minimum atomic E-state index is -0.342. The monoisotopic (exact) mass is 232 g/mol. The van der Waals surface area contributed by atoms with Crippen LogP contribution in [0.3, 0.4) is 0 Å². The van der Waals surface area contributed by atoms with Gasteiger partial charge < -0.3 is 9.47 Å². The summed E-state index contributed by atoms with van der Waals surface area (Å²) in [6.07, 6.45) is 5.79. The number of ether oxygens (including phenoxy) is 2. The van der Waals surface area contributed by atoms with Crippen molar-refractivity contribution in [2.45, 2.75) is 57.7 Å². The van der Waals surface area contributed by atoms with Crippen molar-refractivity contribution in [1.82, 2.24) is 0 Å². The highest BCUT2D eigenvalue weighted by Crippen LogP contribution is 2.48. The molecule has 0 atom stereocenters. The standard InChI is InChI=1S/C15H20O2/c1-11(2)12-7-6-8-13-14(12)17-15(16-13)9-4-3-5-10-15/h6-8,11H,3-5,9-10H2,1-2H3. The van der Waals surface area contributed by atoms with Gasteiger partial charge in [-0.15, -0.1) is 0 Å². The molecular weight excluding hydrogens is 212 g/mol. The van der Waals surface area contributed by atoms with Crippen molar-refractivity contribution in [3.8, 4) is 11.5 Å². The van der Waals surface area contributed by atoms with Crippen LogP contribution in [0.25, 0.3) is 0 Å². The first kappa shape index (κ1) is 10.9. The second kappa shape index (κ2) is 3.94. The van der Waals surface area contributed by atoms with Crippen LogP contribution in [-0.2, 0) is 0 Å². The second-order valence-electron chi connectivity index (χ2n) is 5.50. The van der Waals surface area contributed by atoms with Crippen LogP contribution in [0.5, 0.6) is 11.5 Å². The van der Waals surface area contributed by atoms with Gasteiger partial charge >= 0.3 is 0 Å². The van der Waals surface area contributed by atoms with Gasteiger partial charge in [0, 0.05) is 18.4 Å². The summed E-state index contributed by atoms with van der Waals surface area (Å²) in [5.41, 5.74) is 1.27. The van der Waals surface area contributed by atoms with Crippen LogP contribution in [-0.4, -0.2) is 5.79 Å². The average molecular weight is 232 g/mol. The summed E-state index contributed by atoms with van der Waals surface area (Å²) in [5, 5.41) is 0. The van der Waals surface area contributed by atoms with Crippen LogP contribution in [0.4, 0.5) is 0 Å². The van der Waals surface area contributed by atoms with E-state index in [0.717, 1.165) is 24.3 Å². The predicted octanol–water partition coefficient (Wildman–Crippen LogP) is 4.24. The van der Waals surface area contributed by atoms with Crippen LogP contribution in [0.2, 0.25) is 0 Å². The van der Waals surface area contributed by atoms with Gasteiger partial charge in [-0.2, -0.15) is 0 Å². The van der Waals surface area contributed by atoms with E-state index in [9.17, 15) is 0 Å². The van der Waals surface area contributed by atoms with Crippen LogP contribution < -0.4 is 9.47 Å². The lowest BCUT2D eigenvalue weighted by Gasteiger charge is -2.31. The Morgan fingerprint density at radius 1 is 1.06 bits per heavy atom. The fraction of sp³-hybridized carbons (Fsp3) is 0.600. The van der Waals surface area contributed by atoms with E-state index in [1.807, 2.05) is 6.07 Å². The Hall–Kier alpha value is -1.18. The zero-order chi connectivity index (χ0) is 11.9. The Morgan fingerprint density at radius 3 is 2.53 bits per heavy atom. The molecule has 0 amide bonds. The molecule has 0 aromatic heterocycles. The first-order valence-electron chi connectivity index (χ1n) is 6.71. The number of para-hydroxylation sites is 1. The highest BCUT2D eigenvalue weighted by Gasteiger charge is 2.43. The molecule has 1 aromatic rings. The highest BCUT2D eigenvalue weighted by molar-refractivity contribution is 5.50. The molecule has 2 heteroatoms. The van der Waals surface area contributed by atoms with E-state index in [2.05, 4.69) is 26.0 Å². The Balaban J connectivity index is 1.94. The van der Waals surface area contributed by atoms with Gasteiger partial charge in [0.15, 0.2) is 11.5 Å². The fourth-order valence-corrected chi connectivity index (χ4v) is 2.88. The van der Waals surface area contributed by atoms with Crippen molar-refractivity contribution >= 4 is 0 Å². The van der Waals surface area contributed by atoms with Gasteiger partial charge in [0.05, 0.1) is 0 Å². The van der Waals surface area contributed by atoms with Crippen molar-refractivity contribution in [1.29, 1.82) is 0 Å². The minimum absolute atomic E-state index is 0.342. The lowest BCUT2D eigenvalue weighted by atomic mass is 9.94. The SMILES string of the molecule is CC(C)c1cccc2c1OC1(CCCCC1)O2. The molecule has 0 radical (unpaired) electrons. The van der Waals surface area contributed by atoms with E-state index in [0.29, 0.717) is 5.92 Å². The topological polar surface area (TPSA) is 18.5 Å². The normalized spacial score (nSPS) is 21.1. The molecule has 17 heavy (non-hydrogen) atoms. The third-order valence-corrected chi connectivity index (χ3v) is 3.83. The molecule has 3 rings (SSSR count). The molecule has 1 aromatic carbocycles. The van der Waals surface area contributed by atoms with E-state index < -0.39 is 0 Å². The van der Waals surface area contributed by atoms with E-state index in [-0.39, 0.29) is 5.79 Å². The molecule has 0 saturated heterocycles. The third kappa shape index (κ3) is 1.80. The van der Waals surface area contributed by atoms with Crippen LogP contribution >= 0.6 is 0 Å². The molecule has 1 saturated carbocycles. The molecule has 1 heterocycles. The number of hydrogen-bond acceptors (Lipinski definition) is 2. The summed E-state index contributed by atoms with van der Waals surface area (Å²) < 4.78 is 12.3. The van der Waals surface area contributed by atoms with Crippen molar-refractivity contribution in [2.75, 3.05) is 0 Å². The number of rotatable bonds is 1. The summed E-state index contributed by atoms with van der Waals surface area (Å²) in [4.78, 5) is 0. The number of fused-ring (bicyclic) bond motifs is 1. The minimum Gasteiger partial charge on any atom is -0.448 e. The Labute approximate surface area is 103 Å². The van der Waals surface area contributed by atoms with E-state index in [1.54, 1.807) is 0 Å². The summed E-state index contributed by atoms with van der Waals surface area (Å²) >= 11 is 0. The quantitative estimate of drug-likeness (QED) is 0.721. The molecule has 1 spiro atoms. The zero-order valence-corrected chi connectivity index (χ0v) is 10.7. The lowest BCUT2D eigenvalue weighted by molar-refractivity contribution is -0.105. The second-order valence-corrected chi connectivity index (χ2v) is 5.50. The maximum Gasteiger partial charge on any atom is 0.251 e. The Morgan fingerprint density at radius 2 is 1.82 bits per heavy atom. The molecule has 1 aliphatic heterocycles. The largest absolute Gasteiger partial charge is 0.448 e. The molecule has 0 N–H and O–H groups in total. The first-order valence-corrected chi connectivity index (χ1v) is 6.71. The van der Waals surface area contributed by atoms with E-state index >= 15 is 0 Å². The van der Waals surface area contributed by atoms with E-state index in [4.69, 9.17) is 9.47 Å². The summed E-state index contributed by atoms with van der Waals surface area (Å²) in [7, 11) is 0. The third-order valence-electron chi connectivity index (χ3n) is 3.83. The Bertz CT molecular complexity index is 417. The first-order chi connectivity index (χ1) is 8.20. The predicted molar refractivity (Wildman–Crippen MR) is 67.6 cm³/mol. The lowest BCUT2D eigenvalue weighted by Crippen LogP contribution is -2.40. The maximum absolute atomic E-state index is 6.21. The molecule has 1 fully saturated rings. The molecular formula is C15H20O2. The van der Waals surface area contributed by atoms with Gasteiger partial charge in [0.1, 0.15) is 0 Å². The summed E-state index contributed by atoms with van der Waals surface area (Å²) in [5.74, 6) is 2.07. The zero-order valence-electron chi connectivity index (χ0n) is 10.7.